The number of carbonyl (C=O) groups is 2. The van der Waals surface area contributed by atoms with Crippen LogP contribution in [0.3, 0.4) is 0 Å². The van der Waals surface area contributed by atoms with Gasteiger partial charge in [0.2, 0.25) is 0 Å². The van der Waals surface area contributed by atoms with E-state index in [0.29, 0.717) is 34.0 Å². The van der Waals surface area contributed by atoms with Crippen molar-refractivity contribution in [3.63, 3.8) is 0 Å². The number of rotatable bonds is 4. The number of likely N-dealkylation sites (tertiary alicyclic amines) is 1. The van der Waals surface area contributed by atoms with Gasteiger partial charge < -0.3 is 20.1 Å². The topological polar surface area (TPSA) is 96.2 Å². The van der Waals surface area contributed by atoms with E-state index in [1.165, 1.54) is 11.3 Å². The molecule has 1 saturated heterocycles. The summed E-state index contributed by atoms with van der Waals surface area (Å²) in [6.07, 6.45) is 2.85. The van der Waals surface area contributed by atoms with Crippen LogP contribution in [0.25, 0.3) is 15.6 Å². The fraction of sp³-hybridized carbons (Fsp3) is 0.292. The van der Waals surface area contributed by atoms with E-state index in [2.05, 4.69) is 10.4 Å². The van der Waals surface area contributed by atoms with Crippen molar-refractivity contribution in [2.45, 2.75) is 32.9 Å². The predicted molar refractivity (Wildman–Crippen MR) is 126 cm³/mol. The summed E-state index contributed by atoms with van der Waals surface area (Å²) < 4.78 is 8.84. The number of nitrogens with zero attached hydrogens (tertiary/aromatic N) is 3. The van der Waals surface area contributed by atoms with Gasteiger partial charge in [0.15, 0.2) is 5.75 Å². The number of amides is 2. The summed E-state index contributed by atoms with van der Waals surface area (Å²) >= 11 is 1.43. The van der Waals surface area contributed by atoms with Crippen LogP contribution in [-0.4, -0.2) is 57.2 Å². The van der Waals surface area contributed by atoms with Crippen molar-refractivity contribution in [3.05, 3.63) is 58.2 Å². The van der Waals surface area contributed by atoms with Crippen molar-refractivity contribution in [3.8, 4) is 11.5 Å². The number of aromatic nitrogens is 2. The molecule has 1 aromatic carbocycles. The first kappa shape index (κ1) is 21.4. The first-order valence-electron chi connectivity index (χ1n) is 10.7. The van der Waals surface area contributed by atoms with Gasteiger partial charge >= 0.3 is 0 Å². The maximum atomic E-state index is 13.0. The maximum absolute atomic E-state index is 13.0. The van der Waals surface area contributed by atoms with Gasteiger partial charge in [-0.05, 0) is 55.5 Å². The number of ether oxygens (including phenoxy) is 1. The van der Waals surface area contributed by atoms with E-state index >= 15 is 0 Å². The third-order valence-electron chi connectivity index (χ3n) is 6.38. The van der Waals surface area contributed by atoms with E-state index in [9.17, 15) is 14.7 Å². The van der Waals surface area contributed by atoms with Gasteiger partial charge in [-0.3, -0.25) is 9.59 Å². The van der Waals surface area contributed by atoms with E-state index in [-0.39, 0.29) is 17.9 Å². The molecule has 0 unspecified atom stereocenters. The summed E-state index contributed by atoms with van der Waals surface area (Å²) in [6, 6.07) is 7.32. The zero-order valence-electron chi connectivity index (χ0n) is 18.7. The highest BCUT2D eigenvalue weighted by molar-refractivity contribution is 7.21. The molecule has 1 aliphatic heterocycles. The molecule has 0 saturated carbocycles. The van der Waals surface area contributed by atoms with Crippen molar-refractivity contribution in [2.24, 2.45) is 0 Å². The summed E-state index contributed by atoms with van der Waals surface area (Å²) in [7, 11) is 1.62. The third-order valence-corrected chi connectivity index (χ3v) is 7.64. The number of carbonyl (C=O) groups excluding carboxylic acids is 2. The lowest BCUT2D eigenvalue weighted by molar-refractivity contribution is -0.0357. The Hall–Kier alpha value is -3.43. The normalized spacial score (nSPS) is 17.9. The Morgan fingerprint density at radius 1 is 1.24 bits per heavy atom. The first-order chi connectivity index (χ1) is 15.8. The van der Waals surface area contributed by atoms with E-state index < -0.39 is 6.10 Å². The van der Waals surface area contributed by atoms with Crippen LogP contribution in [0.15, 0.2) is 36.7 Å². The molecule has 8 nitrogen and oxygen atoms in total. The maximum Gasteiger partial charge on any atom is 0.261 e. The molecule has 33 heavy (non-hydrogen) atoms. The standard InChI is InChI=1S/C24H24N4O4S/c1-12-17(24(31)27-11-18(29)14(27)3)10-28-21(12)19(7-8-26-28)32-15-5-6-16-13(2)22(23(30)25-4)33-20(16)9-15/h5-10,14,18,29H,11H2,1-4H3,(H,25,30)/t14-,18-/m0/s1. The predicted octanol–water partition coefficient (Wildman–Crippen LogP) is 3.52. The molecule has 0 aliphatic carbocycles. The van der Waals surface area contributed by atoms with Crippen molar-refractivity contribution < 1.29 is 19.4 Å². The first-order valence-corrected chi connectivity index (χ1v) is 11.5. The fourth-order valence-electron chi connectivity index (χ4n) is 4.26. The minimum absolute atomic E-state index is 0.0999. The number of aliphatic hydroxyl groups excluding tert-OH is 1. The molecule has 2 atom stereocenters. The van der Waals surface area contributed by atoms with Crippen LogP contribution in [0.1, 0.15) is 38.1 Å². The highest BCUT2D eigenvalue weighted by Gasteiger charge is 2.38. The van der Waals surface area contributed by atoms with E-state index in [1.54, 1.807) is 34.9 Å². The number of aryl methyl sites for hydroxylation is 2. The molecule has 0 bridgehead atoms. The van der Waals surface area contributed by atoms with Gasteiger partial charge in [0.25, 0.3) is 11.8 Å². The van der Waals surface area contributed by atoms with Crippen LogP contribution in [0.4, 0.5) is 0 Å². The number of fused-ring (bicyclic) bond motifs is 2. The van der Waals surface area contributed by atoms with Gasteiger partial charge in [-0.25, -0.2) is 4.52 Å². The quantitative estimate of drug-likeness (QED) is 0.482. The second kappa shape index (κ2) is 7.86. The molecule has 2 N–H and O–H groups in total. The number of hydrogen-bond acceptors (Lipinski definition) is 6. The summed E-state index contributed by atoms with van der Waals surface area (Å²) in [4.78, 5) is 27.5. The average Bonchev–Trinajstić information content (AvgIpc) is 3.33. The molecule has 0 radical (unpaired) electrons. The lowest BCUT2D eigenvalue weighted by Gasteiger charge is -2.43. The average molecular weight is 465 g/mol. The Bertz CT molecular complexity index is 1420. The van der Waals surface area contributed by atoms with Gasteiger partial charge in [-0.1, -0.05) is 0 Å². The largest absolute Gasteiger partial charge is 0.455 e. The Morgan fingerprint density at radius 3 is 2.73 bits per heavy atom. The summed E-state index contributed by atoms with van der Waals surface area (Å²) in [5, 5.41) is 17.8. The smallest absolute Gasteiger partial charge is 0.261 e. The van der Waals surface area contributed by atoms with E-state index in [4.69, 9.17) is 4.74 Å². The van der Waals surface area contributed by atoms with Gasteiger partial charge in [0.1, 0.15) is 11.3 Å². The fourth-order valence-corrected chi connectivity index (χ4v) is 5.44. The third kappa shape index (κ3) is 3.35. The second-order valence-electron chi connectivity index (χ2n) is 8.32. The minimum Gasteiger partial charge on any atom is -0.455 e. The van der Waals surface area contributed by atoms with E-state index in [0.717, 1.165) is 21.2 Å². The molecular formula is C24H24N4O4S. The Balaban J connectivity index is 1.50. The Kier molecular flexibility index (Phi) is 5.10. The SMILES string of the molecule is CNC(=O)c1sc2cc(Oc3ccnn4cc(C(=O)N5C[C@H](O)[C@@H]5C)c(C)c34)ccc2c1C. The highest BCUT2D eigenvalue weighted by Crippen LogP contribution is 2.36. The molecule has 0 spiro atoms. The van der Waals surface area contributed by atoms with Crippen molar-refractivity contribution in [2.75, 3.05) is 13.6 Å². The number of hydrogen-bond donors (Lipinski definition) is 2. The van der Waals surface area contributed by atoms with Crippen molar-refractivity contribution in [1.82, 2.24) is 19.8 Å². The number of benzene rings is 1. The minimum atomic E-state index is -0.483. The number of thiophene rings is 1. The number of aliphatic hydroxyl groups is 1. The molecule has 9 heteroatoms. The molecule has 4 heterocycles. The molecule has 5 rings (SSSR count). The van der Waals surface area contributed by atoms with Crippen LogP contribution < -0.4 is 10.1 Å². The summed E-state index contributed by atoms with van der Waals surface area (Å²) in [6.45, 7) is 5.99. The van der Waals surface area contributed by atoms with Gasteiger partial charge in [0, 0.05) is 30.6 Å². The summed E-state index contributed by atoms with van der Waals surface area (Å²) in [5.74, 6) is 0.988. The molecule has 1 aliphatic rings. The van der Waals surface area contributed by atoms with Gasteiger partial charge in [-0.15, -0.1) is 11.3 Å². The zero-order chi connectivity index (χ0) is 23.4. The number of nitrogens with one attached hydrogen (secondary N) is 1. The molecule has 4 aromatic rings. The van der Waals surface area contributed by atoms with Crippen LogP contribution in [0.2, 0.25) is 0 Å². The molecule has 170 valence electrons. The second-order valence-corrected chi connectivity index (χ2v) is 9.37. The molecule has 2 amide bonds. The monoisotopic (exact) mass is 464 g/mol. The lowest BCUT2D eigenvalue weighted by atomic mass is 9.99. The van der Waals surface area contributed by atoms with Crippen molar-refractivity contribution in [1.29, 1.82) is 0 Å². The molecule has 3 aromatic heterocycles. The lowest BCUT2D eigenvalue weighted by Crippen LogP contribution is -2.60. The van der Waals surface area contributed by atoms with Gasteiger partial charge in [-0.2, -0.15) is 5.10 Å². The Labute approximate surface area is 194 Å². The summed E-state index contributed by atoms with van der Waals surface area (Å²) in [5.41, 5.74) is 2.97. The zero-order valence-corrected chi connectivity index (χ0v) is 19.6. The van der Waals surface area contributed by atoms with Crippen molar-refractivity contribution >= 4 is 38.8 Å². The van der Waals surface area contributed by atoms with E-state index in [1.807, 2.05) is 39.0 Å². The highest BCUT2D eigenvalue weighted by atomic mass is 32.1. The van der Waals surface area contributed by atoms with Crippen LogP contribution >= 0.6 is 11.3 Å². The molecular weight excluding hydrogens is 440 g/mol. The van der Waals surface area contributed by atoms with Crippen LogP contribution in [0, 0.1) is 13.8 Å². The van der Waals surface area contributed by atoms with Crippen LogP contribution in [-0.2, 0) is 0 Å². The Morgan fingerprint density at radius 2 is 2.03 bits per heavy atom. The van der Waals surface area contributed by atoms with Crippen LogP contribution in [0.5, 0.6) is 11.5 Å². The molecule has 1 fully saturated rings. The van der Waals surface area contributed by atoms with Gasteiger partial charge in [0.05, 0.1) is 28.8 Å². The number of β-amino-alcohol motifs (C(OH)–C–C–N with tert-alkyl or cyclic N) is 1.